The van der Waals surface area contributed by atoms with Crippen LogP contribution in [0.25, 0.3) is 0 Å². The first-order valence-corrected chi connectivity index (χ1v) is 11.7. The zero-order valence-corrected chi connectivity index (χ0v) is 18.6. The zero-order valence-electron chi connectivity index (χ0n) is 17.8. The summed E-state index contributed by atoms with van der Waals surface area (Å²) in [5.74, 6) is 0.629. The van der Waals surface area contributed by atoms with E-state index in [1.807, 2.05) is 24.3 Å². The van der Waals surface area contributed by atoms with E-state index in [1.165, 1.54) is 16.4 Å². The third-order valence-corrected chi connectivity index (χ3v) is 7.04. The molecule has 0 spiro atoms. The number of methoxy groups -OCH3 is 1. The molecular formula is C21H27N3O7S. The van der Waals surface area contributed by atoms with Gasteiger partial charge in [0.25, 0.3) is 0 Å². The standard InChI is InChI=1S/C21H27N3O7S/c1-30-20-7-3-2-6-16(20)13-22-14-17(25)15-31-21-9-8-18(12-19(21)24(26)27)32(28,29)23-10-4-5-11-23/h2-3,6-9,12,17,22,25H,4-5,10-11,13-15H2,1H3. The third-order valence-electron chi connectivity index (χ3n) is 5.15. The molecule has 2 aromatic carbocycles. The number of ether oxygens (including phenoxy) is 2. The van der Waals surface area contributed by atoms with Crippen LogP contribution >= 0.6 is 0 Å². The van der Waals surface area contributed by atoms with E-state index in [-0.39, 0.29) is 23.8 Å². The minimum absolute atomic E-state index is 0.0980. The molecule has 1 aliphatic rings. The molecule has 10 nitrogen and oxygen atoms in total. The number of rotatable bonds is 11. The second-order valence-corrected chi connectivity index (χ2v) is 9.34. The molecule has 11 heteroatoms. The van der Waals surface area contributed by atoms with Crippen LogP contribution in [0.4, 0.5) is 5.69 Å². The van der Waals surface area contributed by atoms with Gasteiger partial charge in [-0.05, 0) is 31.0 Å². The van der Waals surface area contributed by atoms with Gasteiger partial charge >= 0.3 is 5.69 Å². The van der Waals surface area contributed by atoms with Crippen molar-refractivity contribution in [3.05, 3.63) is 58.1 Å². The summed E-state index contributed by atoms with van der Waals surface area (Å²) < 4.78 is 37.4. The number of nitro groups is 1. The Morgan fingerprint density at radius 2 is 1.91 bits per heavy atom. The van der Waals surface area contributed by atoms with Gasteiger partial charge in [0, 0.05) is 37.8 Å². The number of hydrogen-bond donors (Lipinski definition) is 2. The van der Waals surface area contributed by atoms with Gasteiger partial charge in [-0.1, -0.05) is 18.2 Å². The van der Waals surface area contributed by atoms with Crippen LogP contribution in [0.2, 0.25) is 0 Å². The number of sulfonamides is 1. The van der Waals surface area contributed by atoms with Crippen LogP contribution in [0.1, 0.15) is 18.4 Å². The molecule has 1 unspecified atom stereocenters. The highest BCUT2D eigenvalue weighted by Crippen LogP contribution is 2.32. The van der Waals surface area contributed by atoms with E-state index < -0.39 is 26.7 Å². The largest absolute Gasteiger partial charge is 0.496 e. The Balaban J connectivity index is 1.59. The molecule has 1 saturated heterocycles. The fraction of sp³-hybridized carbons (Fsp3) is 0.429. The molecule has 0 aromatic heterocycles. The number of nitrogens with one attached hydrogen (secondary N) is 1. The van der Waals surface area contributed by atoms with Crippen LogP contribution in [0, 0.1) is 10.1 Å². The fourth-order valence-corrected chi connectivity index (χ4v) is 5.00. The van der Waals surface area contributed by atoms with E-state index in [4.69, 9.17) is 9.47 Å². The number of aliphatic hydroxyl groups excluding tert-OH is 1. The lowest BCUT2D eigenvalue weighted by molar-refractivity contribution is -0.386. The van der Waals surface area contributed by atoms with E-state index in [9.17, 15) is 23.6 Å². The number of para-hydroxylation sites is 1. The van der Waals surface area contributed by atoms with Gasteiger partial charge in [-0.2, -0.15) is 4.31 Å². The van der Waals surface area contributed by atoms with Gasteiger partial charge in [0.15, 0.2) is 5.75 Å². The van der Waals surface area contributed by atoms with Crippen molar-refractivity contribution in [2.75, 3.05) is 33.4 Å². The average Bonchev–Trinajstić information content (AvgIpc) is 3.34. The molecule has 174 valence electrons. The Labute approximate surface area is 187 Å². The number of benzene rings is 2. The highest BCUT2D eigenvalue weighted by Gasteiger charge is 2.30. The maximum Gasteiger partial charge on any atom is 0.312 e. The van der Waals surface area contributed by atoms with Gasteiger partial charge in [-0.15, -0.1) is 0 Å². The minimum atomic E-state index is -3.78. The average molecular weight is 466 g/mol. The monoisotopic (exact) mass is 465 g/mol. The van der Waals surface area contributed by atoms with Crippen LogP contribution in [0.15, 0.2) is 47.4 Å². The molecule has 2 N–H and O–H groups in total. The van der Waals surface area contributed by atoms with Crippen molar-refractivity contribution < 1.29 is 27.9 Å². The third kappa shape index (κ3) is 5.74. The van der Waals surface area contributed by atoms with E-state index in [2.05, 4.69) is 5.32 Å². The second-order valence-electron chi connectivity index (χ2n) is 7.41. The topological polar surface area (TPSA) is 131 Å². The van der Waals surface area contributed by atoms with Crippen LogP contribution in [-0.2, 0) is 16.6 Å². The Morgan fingerprint density at radius 3 is 2.59 bits per heavy atom. The fourth-order valence-electron chi connectivity index (χ4n) is 3.47. The van der Waals surface area contributed by atoms with Crippen LogP contribution in [0.3, 0.4) is 0 Å². The highest BCUT2D eigenvalue weighted by atomic mass is 32.2. The van der Waals surface area contributed by atoms with Gasteiger partial charge < -0.3 is 19.9 Å². The molecule has 0 bridgehead atoms. The molecule has 0 radical (unpaired) electrons. The summed E-state index contributed by atoms with van der Waals surface area (Å²) in [6.07, 6.45) is 0.606. The quantitative estimate of drug-likeness (QED) is 0.380. The van der Waals surface area contributed by atoms with Gasteiger partial charge in [-0.25, -0.2) is 8.42 Å². The number of nitrogens with zero attached hydrogens (tertiary/aromatic N) is 2. The summed E-state index contributed by atoms with van der Waals surface area (Å²) in [4.78, 5) is 10.7. The number of aliphatic hydroxyl groups is 1. The lowest BCUT2D eigenvalue weighted by Gasteiger charge is -2.17. The van der Waals surface area contributed by atoms with Crippen molar-refractivity contribution in [3.63, 3.8) is 0 Å². The molecule has 1 aliphatic heterocycles. The Kier molecular flexibility index (Phi) is 8.02. The summed E-state index contributed by atoms with van der Waals surface area (Å²) in [5.41, 5.74) is 0.466. The van der Waals surface area contributed by atoms with Gasteiger partial charge in [0.2, 0.25) is 10.0 Å². The molecule has 3 rings (SSSR count). The van der Waals surface area contributed by atoms with Crippen LogP contribution in [0.5, 0.6) is 11.5 Å². The highest BCUT2D eigenvalue weighted by molar-refractivity contribution is 7.89. The smallest absolute Gasteiger partial charge is 0.312 e. The van der Waals surface area contributed by atoms with E-state index in [0.29, 0.717) is 19.6 Å². The number of nitro benzene ring substituents is 1. The van der Waals surface area contributed by atoms with Crippen molar-refractivity contribution in [1.29, 1.82) is 0 Å². The first-order valence-electron chi connectivity index (χ1n) is 10.2. The summed E-state index contributed by atoms with van der Waals surface area (Å²) in [6.45, 7) is 1.26. The summed E-state index contributed by atoms with van der Waals surface area (Å²) in [5, 5.41) is 24.7. The van der Waals surface area contributed by atoms with Crippen molar-refractivity contribution in [2.45, 2.75) is 30.4 Å². The SMILES string of the molecule is COc1ccccc1CNCC(O)COc1ccc(S(=O)(=O)N2CCCC2)cc1[N+](=O)[O-]. The molecule has 32 heavy (non-hydrogen) atoms. The minimum Gasteiger partial charge on any atom is -0.496 e. The molecule has 2 aromatic rings. The van der Waals surface area contributed by atoms with Crippen molar-refractivity contribution in [3.8, 4) is 11.5 Å². The van der Waals surface area contributed by atoms with Crippen molar-refractivity contribution >= 4 is 15.7 Å². The molecule has 0 aliphatic carbocycles. The molecular weight excluding hydrogens is 438 g/mol. The maximum atomic E-state index is 12.7. The van der Waals surface area contributed by atoms with E-state index >= 15 is 0 Å². The molecule has 1 fully saturated rings. The van der Waals surface area contributed by atoms with Crippen LogP contribution < -0.4 is 14.8 Å². The first kappa shape index (κ1) is 23.9. The molecule has 0 saturated carbocycles. The molecule has 0 amide bonds. The Hall–Kier alpha value is -2.73. The Morgan fingerprint density at radius 1 is 1.19 bits per heavy atom. The summed E-state index contributed by atoms with van der Waals surface area (Å²) in [7, 11) is -2.20. The lowest BCUT2D eigenvalue weighted by Crippen LogP contribution is -2.31. The molecule has 1 heterocycles. The lowest BCUT2D eigenvalue weighted by atomic mass is 10.2. The first-order chi connectivity index (χ1) is 15.3. The summed E-state index contributed by atoms with van der Waals surface area (Å²) in [6, 6.07) is 11.0. The Bertz CT molecular complexity index is 1040. The summed E-state index contributed by atoms with van der Waals surface area (Å²) >= 11 is 0. The molecule has 1 atom stereocenters. The van der Waals surface area contributed by atoms with Gasteiger partial charge in [0.1, 0.15) is 18.5 Å². The van der Waals surface area contributed by atoms with Crippen molar-refractivity contribution in [2.24, 2.45) is 0 Å². The maximum absolute atomic E-state index is 12.7. The predicted molar refractivity (Wildman–Crippen MR) is 117 cm³/mol. The number of hydrogen-bond acceptors (Lipinski definition) is 8. The van der Waals surface area contributed by atoms with Gasteiger partial charge in [0.05, 0.1) is 16.9 Å². The van der Waals surface area contributed by atoms with Crippen LogP contribution in [-0.4, -0.2) is 62.2 Å². The van der Waals surface area contributed by atoms with Crippen molar-refractivity contribution in [1.82, 2.24) is 9.62 Å². The van der Waals surface area contributed by atoms with E-state index in [0.717, 1.165) is 30.2 Å². The van der Waals surface area contributed by atoms with E-state index in [1.54, 1.807) is 7.11 Å². The zero-order chi connectivity index (χ0) is 23.1. The van der Waals surface area contributed by atoms with Gasteiger partial charge in [-0.3, -0.25) is 10.1 Å². The normalized spacial score (nSPS) is 15.4. The second kappa shape index (κ2) is 10.7. The predicted octanol–water partition coefficient (Wildman–Crippen LogP) is 1.92.